The quantitative estimate of drug-likeness (QED) is 0.464. The van der Waals surface area contributed by atoms with Crippen molar-refractivity contribution in [2.45, 2.75) is 33.1 Å². The van der Waals surface area contributed by atoms with Gasteiger partial charge in [0.2, 0.25) is 0 Å². The summed E-state index contributed by atoms with van der Waals surface area (Å²) in [5.74, 6) is 0. The molecule has 1 aromatic rings. The third-order valence-electron chi connectivity index (χ3n) is 2.74. The second-order valence-electron chi connectivity index (χ2n) is 4.17. The topological polar surface area (TPSA) is 0 Å². The van der Waals surface area contributed by atoms with E-state index in [9.17, 15) is 0 Å². The molecule has 0 fully saturated rings. The first-order valence-corrected chi connectivity index (χ1v) is 6.96. The lowest BCUT2D eigenvalue weighted by molar-refractivity contribution is 0.866. The van der Waals surface area contributed by atoms with Crippen molar-refractivity contribution in [3.63, 3.8) is 0 Å². The second-order valence-corrected chi connectivity index (χ2v) is 5.50. The maximum Gasteiger partial charge on any atom is 0.0584 e. The summed E-state index contributed by atoms with van der Waals surface area (Å²) in [7, 11) is 0. The molecule has 0 amide bonds. The van der Waals surface area contributed by atoms with Crippen molar-refractivity contribution < 1.29 is 0 Å². The van der Waals surface area contributed by atoms with Gasteiger partial charge in [0, 0.05) is 4.48 Å². The van der Waals surface area contributed by atoms with Crippen LogP contribution >= 0.6 is 27.5 Å². The van der Waals surface area contributed by atoms with Crippen LogP contribution < -0.4 is 0 Å². The Morgan fingerprint density at radius 3 is 2.47 bits per heavy atom. The molecule has 0 atom stereocenters. The van der Waals surface area contributed by atoms with Gasteiger partial charge >= 0.3 is 0 Å². The average Bonchev–Trinajstić information content (AvgIpc) is 2.28. The lowest BCUT2D eigenvalue weighted by atomic mass is 10.0. The van der Waals surface area contributed by atoms with Crippen molar-refractivity contribution in [3.05, 3.63) is 52.0 Å². The average molecular weight is 314 g/mol. The van der Waals surface area contributed by atoms with Crippen molar-refractivity contribution in [2.24, 2.45) is 0 Å². The van der Waals surface area contributed by atoms with E-state index in [2.05, 4.69) is 54.6 Å². The third-order valence-corrected chi connectivity index (χ3v) is 4.18. The zero-order chi connectivity index (χ0) is 12.8. The molecule has 0 nitrogen and oxygen atoms in total. The van der Waals surface area contributed by atoms with Gasteiger partial charge in [-0.15, -0.1) is 6.58 Å². The Balaban J connectivity index is 2.97. The monoisotopic (exact) mass is 312 g/mol. The van der Waals surface area contributed by atoms with Gasteiger partial charge in [-0.2, -0.15) is 0 Å². The normalized spacial score (nSPS) is 12.2. The Bertz CT molecular complexity index is 412. The minimum Gasteiger partial charge on any atom is -0.103 e. The van der Waals surface area contributed by atoms with Crippen LogP contribution in [0.1, 0.15) is 36.0 Å². The van der Waals surface area contributed by atoms with Crippen molar-refractivity contribution in [1.82, 2.24) is 0 Å². The van der Waals surface area contributed by atoms with E-state index in [0.29, 0.717) is 0 Å². The van der Waals surface area contributed by atoms with Crippen LogP contribution in [-0.4, -0.2) is 0 Å². The number of benzene rings is 1. The van der Waals surface area contributed by atoms with E-state index in [1.54, 1.807) is 0 Å². The van der Waals surface area contributed by atoms with E-state index in [0.717, 1.165) is 34.3 Å². The molecule has 0 saturated carbocycles. The summed E-state index contributed by atoms with van der Waals surface area (Å²) in [4.78, 5) is 0. The molecule has 0 heterocycles. The molecule has 0 unspecified atom stereocenters. The van der Waals surface area contributed by atoms with Gasteiger partial charge in [0.1, 0.15) is 0 Å². The first-order chi connectivity index (χ1) is 8.07. The van der Waals surface area contributed by atoms with Crippen LogP contribution in [0.2, 0.25) is 0 Å². The SMILES string of the molecule is C=CCCC/C(Br)=C(/Cl)c1c(C)cccc1C. The van der Waals surface area contributed by atoms with E-state index < -0.39 is 0 Å². The zero-order valence-electron chi connectivity index (χ0n) is 10.4. The Labute approximate surface area is 118 Å². The van der Waals surface area contributed by atoms with Crippen LogP contribution in [0.4, 0.5) is 0 Å². The molecule has 92 valence electrons. The molecular weight excluding hydrogens is 296 g/mol. The predicted octanol–water partition coefficient (Wildman–Crippen LogP) is 5.96. The van der Waals surface area contributed by atoms with Crippen molar-refractivity contribution in [1.29, 1.82) is 0 Å². The van der Waals surface area contributed by atoms with Crippen LogP contribution in [0, 0.1) is 13.8 Å². The van der Waals surface area contributed by atoms with E-state index in [1.807, 2.05) is 6.08 Å². The molecule has 0 saturated heterocycles. The number of unbranched alkanes of at least 4 members (excludes halogenated alkanes) is 1. The first-order valence-electron chi connectivity index (χ1n) is 5.79. The number of rotatable bonds is 5. The molecule has 0 aliphatic heterocycles. The molecule has 0 aromatic heterocycles. The maximum atomic E-state index is 6.45. The van der Waals surface area contributed by atoms with E-state index >= 15 is 0 Å². The first kappa shape index (κ1) is 14.5. The fourth-order valence-corrected chi connectivity index (χ4v) is 2.68. The van der Waals surface area contributed by atoms with Crippen LogP contribution in [0.3, 0.4) is 0 Å². The molecular formula is C15H18BrCl. The third kappa shape index (κ3) is 4.01. The fourth-order valence-electron chi connectivity index (χ4n) is 1.81. The molecule has 0 N–H and O–H groups in total. The fraction of sp³-hybridized carbons (Fsp3) is 0.333. The van der Waals surface area contributed by atoms with Crippen LogP contribution in [0.15, 0.2) is 35.3 Å². The van der Waals surface area contributed by atoms with Crippen LogP contribution in [-0.2, 0) is 0 Å². The van der Waals surface area contributed by atoms with Crippen molar-refractivity contribution in [2.75, 3.05) is 0 Å². The minimum absolute atomic E-state index is 0.838. The van der Waals surface area contributed by atoms with Crippen LogP contribution in [0.25, 0.3) is 5.03 Å². The van der Waals surface area contributed by atoms with E-state index in [-0.39, 0.29) is 0 Å². The number of halogens is 2. The molecule has 17 heavy (non-hydrogen) atoms. The molecule has 1 aromatic carbocycles. The second kappa shape index (κ2) is 7.03. The molecule has 0 spiro atoms. The van der Waals surface area contributed by atoms with Gasteiger partial charge < -0.3 is 0 Å². The Kier molecular flexibility index (Phi) is 6.01. The number of hydrogen-bond donors (Lipinski definition) is 0. The van der Waals surface area contributed by atoms with Gasteiger partial charge in [0.15, 0.2) is 0 Å². The highest BCUT2D eigenvalue weighted by Crippen LogP contribution is 2.33. The smallest absolute Gasteiger partial charge is 0.0584 e. The van der Waals surface area contributed by atoms with Crippen molar-refractivity contribution in [3.8, 4) is 0 Å². The highest BCUT2D eigenvalue weighted by atomic mass is 79.9. The number of allylic oxidation sites excluding steroid dienone is 2. The van der Waals surface area contributed by atoms with Gasteiger partial charge in [-0.25, -0.2) is 0 Å². The summed E-state index contributed by atoms with van der Waals surface area (Å²) in [5, 5.41) is 0.838. The van der Waals surface area contributed by atoms with Crippen LogP contribution in [0.5, 0.6) is 0 Å². The highest BCUT2D eigenvalue weighted by molar-refractivity contribution is 9.11. The van der Waals surface area contributed by atoms with E-state index in [4.69, 9.17) is 11.6 Å². The largest absolute Gasteiger partial charge is 0.103 e. The Hall–Kier alpha value is -0.530. The van der Waals surface area contributed by atoms with Crippen molar-refractivity contribution >= 4 is 32.6 Å². The number of aryl methyl sites for hydroxylation is 2. The Morgan fingerprint density at radius 2 is 1.94 bits per heavy atom. The lowest BCUT2D eigenvalue weighted by Gasteiger charge is -2.10. The predicted molar refractivity (Wildman–Crippen MR) is 81.7 cm³/mol. The number of hydrogen-bond acceptors (Lipinski definition) is 0. The molecule has 0 bridgehead atoms. The lowest BCUT2D eigenvalue weighted by Crippen LogP contribution is -1.90. The molecule has 0 radical (unpaired) electrons. The summed E-state index contributed by atoms with van der Waals surface area (Å²) in [5.41, 5.74) is 3.59. The molecule has 0 aliphatic rings. The summed E-state index contributed by atoms with van der Waals surface area (Å²) in [6, 6.07) is 6.24. The minimum atomic E-state index is 0.838. The molecule has 0 aliphatic carbocycles. The van der Waals surface area contributed by atoms with Gasteiger partial charge in [-0.1, -0.05) is 51.8 Å². The highest BCUT2D eigenvalue weighted by Gasteiger charge is 2.09. The van der Waals surface area contributed by atoms with Gasteiger partial charge in [-0.3, -0.25) is 0 Å². The summed E-state index contributed by atoms with van der Waals surface area (Å²) < 4.78 is 1.08. The van der Waals surface area contributed by atoms with Gasteiger partial charge in [0.05, 0.1) is 5.03 Å². The summed E-state index contributed by atoms with van der Waals surface area (Å²) >= 11 is 10.0. The standard InChI is InChI=1S/C15H18BrCl/c1-4-5-6-10-13(16)15(17)14-11(2)8-7-9-12(14)3/h4,7-9H,1,5-6,10H2,2-3H3/b15-13-. The Morgan fingerprint density at radius 1 is 1.35 bits per heavy atom. The van der Waals surface area contributed by atoms with Gasteiger partial charge in [-0.05, 0) is 49.8 Å². The van der Waals surface area contributed by atoms with E-state index in [1.165, 1.54) is 11.1 Å². The maximum absolute atomic E-state index is 6.45. The summed E-state index contributed by atoms with van der Waals surface area (Å²) in [6.07, 6.45) is 4.99. The molecule has 2 heteroatoms. The zero-order valence-corrected chi connectivity index (χ0v) is 12.7. The van der Waals surface area contributed by atoms with Gasteiger partial charge in [0.25, 0.3) is 0 Å². The molecule has 1 rings (SSSR count). The summed E-state index contributed by atoms with van der Waals surface area (Å²) in [6.45, 7) is 7.91.